The summed E-state index contributed by atoms with van der Waals surface area (Å²) in [4.78, 5) is 17.4. The highest BCUT2D eigenvalue weighted by Crippen LogP contribution is 2.09. The second-order valence-electron chi connectivity index (χ2n) is 4.14. The second kappa shape index (κ2) is 6.72. The van der Waals surface area contributed by atoms with Crippen LogP contribution in [0.5, 0.6) is 0 Å². The fraction of sp³-hybridized carbons (Fsp3) is 0.143. The molecule has 0 atom stereocenters. The van der Waals surface area contributed by atoms with Gasteiger partial charge in [-0.3, -0.25) is 4.79 Å². The Labute approximate surface area is 121 Å². The molecule has 0 spiro atoms. The molecule has 1 aromatic carbocycles. The lowest BCUT2D eigenvalue weighted by atomic mass is 10.2. The van der Waals surface area contributed by atoms with Crippen molar-refractivity contribution >= 4 is 28.8 Å². The van der Waals surface area contributed by atoms with Crippen molar-refractivity contribution in [3.63, 3.8) is 0 Å². The van der Waals surface area contributed by atoms with Crippen molar-refractivity contribution in [3.05, 3.63) is 52.2 Å². The Balaban J connectivity index is 1.81. The van der Waals surface area contributed by atoms with E-state index in [4.69, 9.17) is 10.6 Å². The van der Waals surface area contributed by atoms with Gasteiger partial charge in [-0.1, -0.05) is 28.9 Å². The molecule has 0 radical (unpaired) electrons. The van der Waals surface area contributed by atoms with E-state index in [0.29, 0.717) is 0 Å². The molecule has 0 fully saturated rings. The van der Waals surface area contributed by atoms with E-state index < -0.39 is 0 Å². The van der Waals surface area contributed by atoms with Gasteiger partial charge in [-0.05, 0) is 30.5 Å². The molecule has 20 heavy (non-hydrogen) atoms. The molecule has 0 bridgehead atoms. The largest absolute Gasteiger partial charge is 0.384 e. The quantitative estimate of drug-likeness (QED) is 0.504. The van der Waals surface area contributed by atoms with E-state index in [1.165, 1.54) is 11.3 Å². The second-order valence-corrected chi connectivity index (χ2v) is 5.09. The third kappa shape index (κ3) is 4.10. The van der Waals surface area contributed by atoms with Gasteiger partial charge in [0.1, 0.15) is 0 Å². The summed E-state index contributed by atoms with van der Waals surface area (Å²) in [7, 11) is 0. The lowest BCUT2D eigenvalue weighted by Gasteiger charge is -2.04. The Kier molecular flexibility index (Phi) is 4.73. The van der Waals surface area contributed by atoms with Crippen molar-refractivity contribution in [2.24, 2.45) is 10.9 Å². The zero-order chi connectivity index (χ0) is 14.4. The van der Waals surface area contributed by atoms with Gasteiger partial charge >= 0.3 is 0 Å². The fourth-order valence-corrected chi connectivity index (χ4v) is 2.08. The summed E-state index contributed by atoms with van der Waals surface area (Å²) >= 11 is 1.46. The predicted octanol–water partition coefficient (Wildman–Crippen LogP) is 2.33. The Morgan fingerprint density at radius 2 is 2.10 bits per heavy atom. The average Bonchev–Trinajstić information content (AvgIpc) is 2.95. The number of thiophene rings is 1. The van der Waals surface area contributed by atoms with Crippen molar-refractivity contribution in [2.45, 2.75) is 6.92 Å². The normalized spacial score (nSPS) is 11.2. The van der Waals surface area contributed by atoms with Crippen LogP contribution in [0.2, 0.25) is 0 Å². The SMILES string of the molecule is Cc1ccc(NC(=O)CON=C(N)c2cccs2)cc1. The lowest BCUT2D eigenvalue weighted by molar-refractivity contribution is -0.120. The number of nitrogens with two attached hydrogens (primary N) is 1. The summed E-state index contributed by atoms with van der Waals surface area (Å²) in [6.45, 7) is 1.80. The van der Waals surface area contributed by atoms with E-state index in [9.17, 15) is 4.79 Å². The molecule has 3 N–H and O–H groups in total. The van der Waals surface area contributed by atoms with Crippen LogP contribution in [0.3, 0.4) is 0 Å². The van der Waals surface area contributed by atoms with Crippen molar-refractivity contribution in [3.8, 4) is 0 Å². The van der Waals surface area contributed by atoms with Crippen molar-refractivity contribution in [1.29, 1.82) is 0 Å². The van der Waals surface area contributed by atoms with Gasteiger partial charge in [0.2, 0.25) is 0 Å². The number of amidine groups is 1. The number of anilines is 1. The maximum atomic E-state index is 11.6. The Morgan fingerprint density at radius 3 is 2.75 bits per heavy atom. The van der Waals surface area contributed by atoms with Gasteiger partial charge in [-0.2, -0.15) is 0 Å². The molecule has 0 saturated heterocycles. The minimum absolute atomic E-state index is 0.181. The molecular formula is C14H15N3O2S. The van der Waals surface area contributed by atoms with Crippen LogP contribution in [-0.4, -0.2) is 18.3 Å². The maximum Gasteiger partial charge on any atom is 0.265 e. The number of oxime groups is 1. The molecule has 1 aromatic heterocycles. The fourth-order valence-electron chi connectivity index (χ4n) is 1.46. The molecule has 0 unspecified atom stereocenters. The molecule has 0 saturated carbocycles. The third-order valence-corrected chi connectivity index (χ3v) is 3.36. The van der Waals surface area contributed by atoms with Crippen LogP contribution in [0, 0.1) is 6.92 Å². The zero-order valence-corrected chi connectivity index (χ0v) is 11.8. The highest BCUT2D eigenvalue weighted by atomic mass is 32.1. The van der Waals surface area contributed by atoms with E-state index in [1.54, 1.807) is 0 Å². The number of hydrogen-bond acceptors (Lipinski definition) is 4. The predicted molar refractivity (Wildman–Crippen MR) is 80.8 cm³/mol. The van der Waals surface area contributed by atoms with Gasteiger partial charge in [0, 0.05) is 5.69 Å². The third-order valence-electron chi connectivity index (χ3n) is 2.47. The van der Waals surface area contributed by atoms with E-state index in [0.717, 1.165) is 16.1 Å². The van der Waals surface area contributed by atoms with Gasteiger partial charge in [-0.25, -0.2) is 0 Å². The van der Waals surface area contributed by atoms with Crippen LogP contribution in [0.15, 0.2) is 46.9 Å². The number of aryl methyl sites for hydroxylation is 1. The van der Waals surface area contributed by atoms with Crippen LogP contribution in [-0.2, 0) is 9.63 Å². The molecule has 5 nitrogen and oxygen atoms in total. The minimum atomic E-state index is -0.281. The average molecular weight is 289 g/mol. The topological polar surface area (TPSA) is 76.7 Å². The molecule has 104 valence electrons. The van der Waals surface area contributed by atoms with Gasteiger partial charge < -0.3 is 15.9 Å². The number of hydrogen-bond donors (Lipinski definition) is 2. The summed E-state index contributed by atoms with van der Waals surface area (Å²) in [6.07, 6.45) is 0. The molecule has 0 aliphatic carbocycles. The summed E-state index contributed by atoms with van der Waals surface area (Å²) in [5, 5.41) is 8.30. The summed E-state index contributed by atoms with van der Waals surface area (Å²) in [6, 6.07) is 11.2. The van der Waals surface area contributed by atoms with Gasteiger partial charge in [0.15, 0.2) is 12.4 Å². The molecule has 0 aliphatic heterocycles. The maximum absolute atomic E-state index is 11.6. The van der Waals surface area contributed by atoms with Gasteiger partial charge in [0.25, 0.3) is 5.91 Å². The lowest BCUT2D eigenvalue weighted by Crippen LogP contribution is -2.19. The van der Waals surface area contributed by atoms with Crippen molar-refractivity contribution in [1.82, 2.24) is 0 Å². The van der Waals surface area contributed by atoms with Crippen LogP contribution >= 0.6 is 11.3 Å². The number of carbonyl (C=O) groups excluding carboxylic acids is 1. The van der Waals surface area contributed by atoms with E-state index >= 15 is 0 Å². The zero-order valence-electron chi connectivity index (χ0n) is 11.0. The van der Waals surface area contributed by atoms with Gasteiger partial charge in [0.05, 0.1) is 4.88 Å². The van der Waals surface area contributed by atoms with Crippen molar-refractivity contribution < 1.29 is 9.63 Å². The van der Waals surface area contributed by atoms with E-state index in [-0.39, 0.29) is 18.3 Å². The van der Waals surface area contributed by atoms with E-state index in [1.807, 2.05) is 48.7 Å². The van der Waals surface area contributed by atoms with Crippen molar-refractivity contribution in [2.75, 3.05) is 11.9 Å². The first-order chi connectivity index (χ1) is 9.65. The molecule has 1 amide bonds. The molecular weight excluding hydrogens is 274 g/mol. The van der Waals surface area contributed by atoms with Gasteiger partial charge in [-0.15, -0.1) is 11.3 Å². The Bertz CT molecular complexity index is 591. The molecule has 0 aliphatic rings. The number of nitrogens with one attached hydrogen (secondary N) is 1. The minimum Gasteiger partial charge on any atom is -0.384 e. The highest BCUT2D eigenvalue weighted by molar-refractivity contribution is 7.12. The smallest absolute Gasteiger partial charge is 0.265 e. The molecule has 2 aromatic rings. The molecule has 1 heterocycles. The molecule has 6 heteroatoms. The van der Waals surface area contributed by atoms with Crippen LogP contribution < -0.4 is 11.1 Å². The first-order valence-corrected chi connectivity index (χ1v) is 6.89. The first kappa shape index (κ1) is 14.1. The number of amides is 1. The van der Waals surface area contributed by atoms with Crippen LogP contribution in [0.1, 0.15) is 10.4 Å². The summed E-state index contributed by atoms with van der Waals surface area (Å²) in [5.41, 5.74) is 7.55. The monoisotopic (exact) mass is 289 g/mol. The first-order valence-electron chi connectivity index (χ1n) is 6.01. The number of rotatable bonds is 5. The summed E-state index contributed by atoms with van der Waals surface area (Å²) in [5.74, 6) is -0.0141. The summed E-state index contributed by atoms with van der Waals surface area (Å²) < 4.78 is 0. The van der Waals surface area contributed by atoms with Crippen LogP contribution in [0.4, 0.5) is 5.69 Å². The van der Waals surface area contributed by atoms with E-state index in [2.05, 4.69) is 10.5 Å². The highest BCUT2D eigenvalue weighted by Gasteiger charge is 2.04. The molecule has 2 rings (SSSR count). The number of nitrogens with zero attached hydrogens (tertiary/aromatic N) is 1. The number of carbonyl (C=O) groups is 1. The standard InChI is InChI=1S/C14H15N3O2S/c1-10-4-6-11(7-5-10)16-13(18)9-19-17-14(15)12-3-2-8-20-12/h2-8H,9H2,1H3,(H2,15,17)(H,16,18). The van der Waals surface area contributed by atoms with Crippen LogP contribution in [0.25, 0.3) is 0 Å². The number of benzene rings is 1. The Morgan fingerprint density at radius 1 is 1.35 bits per heavy atom. The Hall–Kier alpha value is -2.34.